The van der Waals surface area contributed by atoms with Crippen LogP contribution in [0.15, 0.2) is 0 Å². The summed E-state index contributed by atoms with van der Waals surface area (Å²) in [4.78, 5) is 2.54. The SMILES string of the molecule is CCS(=O)(=O)CC(C)NCC(C(C)C)N1CCCC1. The van der Waals surface area contributed by atoms with Crippen LogP contribution in [0.4, 0.5) is 0 Å². The van der Waals surface area contributed by atoms with Crippen LogP contribution in [0, 0.1) is 5.92 Å². The Hall–Kier alpha value is -0.130. The molecule has 1 fully saturated rings. The van der Waals surface area contributed by atoms with Gasteiger partial charge in [0.05, 0.1) is 5.75 Å². The summed E-state index contributed by atoms with van der Waals surface area (Å²) in [6.07, 6.45) is 2.59. The van der Waals surface area contributed by atoms with Gasteiger partial charge < -0.3 is 5.32 Å². The van der Waals surface area contributed by atoms with E-state index in [4.69, 9.17) is 0 Å². The minimum Gasteiger partial charge on any atom is -0.312 e. The lowest BCUT2D eigenvalue weighted by Gasteiger charge is -2.32. The number of nitrogens with zero attached hydrogens (tertiary/aromatic N) is 1. The molecule has 0 radical (unpaired) electrons. The Morgan fingerprint density at radius 1 is 1.16 bits per heavy atom. The van der Waals surface area contributed by atoms with E-state index in [1.54, 1.807) is 6.92 Å². The Kier molecular flexibility index (Phi) is 6.77. The molecule has 1 saturated heterocycles. The van der Waals surface area contributed by atoms with Gasteiger partial charge in [0.15, 0.2) is 9.84 Å². The van der Waals surface area contributed by atoms with Crippen molar-refractivity contribution >= 4 is 9.84 Å². The Bertz CT molecular complexity index is 348. The third kappa shape index (κ3) is 5.79. The lowest BCUT2D eigenvalue weighted by Crippen LogP contribution is -2.47. The summed E-state index contributed by atoms with van der Waals surface area (Å²) in [7, 11) is -2.88. The fraction of sp³-hybridized carbons (Fsp3) is 1.00. The fourth-order valence-electron chi connectivity index (χ4n) is 2.74. The number of hydrogen-bond donors (Lipinski definition) is 1. The predicted octanol–water partition coefficient (Wildman–Crippen LogP) is 1.52. The average Bonchev–Trinajstić information content (AvgIpc) is 2.82. The molecule has 0 bridgehead atoms. The van der Waals surface area contributed by atoms with Crippen molar-refractivity contribution in [1.82, 2.24) is 10.2 Å². The van der Waals surface area contributed by atoms with Crippen molar-refractivity contribution in [2.75, 3.05) is 31.1 Å². The highest BCUT2D eigenvalue weighted by Crippen LogP contribution is 2.17. The van der Waals surface area contributed by atoms with Gasteiger partial charge in [0, 0.05) is 24.4 Å². The van der Waals surface area contributed by atoms with Gasteiger partial charge >= 0.3 is 0 Å². The van der Waals surface area contributed by atoms with Crippen molar-refractivity contribution in [3.05, 3.63) is 0 Å². The first kappa shape index (κ1) is 16.9. The molecule has 0 saturated carbocycles. The zero-order chi connectivity index (χ0) is 14.5. The summed E-state index contributed by atoms with van der Waals surface area (Å²) < 4.78 is 23.2. The number of sulfone groups is 1. The van der Waals surface area contributed by atoms with Crippen LogP contribution in [0.3, 0.4) is 0 Å². The van der Waals surface area contributed by atoms with E-state index < -0.39 is 9.84 Å². The van der Waals surface area contributed by atoms with Gasteiger partial charge in [0.25, 0.3) is 0 Å². The molecule has 1 heterocycles. The molecule has 1 rings (SSSR count). The van der Waals surface area contributed by atoms with E-state index >= 15 is 0 Å². The third-order valence-electron chi connectivity index (χ3n) is 4.00. The van der Waals surface area contributed by atoms with Crippen molar-refractivity contribution in [2.45, 2.75) is 52.6 Å². The minimum absolute atomic E-state index is 0.0359. The summed E-state index contributed by atoms with van der Waals surface area (Å²) in [5, 5.41) is 3.41. The van der Waals surface area contributed by atoms with Crippen LogP contribution in [0.25, 0.3) is 0 Å². The molecule has 0 aromatic carbocycles. The van der Waals surface area contributed by atoms with E-state index in [9.17, 15) is 8.42 Å². The number of nitrogens with one attached hydrogen (secondary N) is 1. The second kappa shape index (κ2) is 7.60. The highest BCUT2D eigenvalue weighted by Gasteiger charge is 2.25. The molecule has 19 heavy (non-hydrogen) atoms. The number of likely N-dealkylation sites (tertiary alicyclic amines) is 1. The molecular formula is C14H30N2O2S. The first-order chi connectivity index (χ1) is 8.85. The van der Waals surface area contributed by atoms with Gasteiger partial charge in [-0.3, -0.25) is 4.90 Å². The lowest BCUT2D eigenvalue weighted by atomic mass is 10.0. The molecule has 1 N–H and O–H groups in total. The van der Waals surface area contributed by atoms with Crippen molar-refractivity contribution in [2.24, 2.45) is 5.92 Å². The highest BCUT2D eigenvalue weighted by atomic mass is 32.2. The number of hydrogen-bond acceptors (Lipinski definition) is 4. The topological polar surface area (TPSA) is 49.4 Å². The maximum atomic E-state index is 11.6. The van der Waals surface area contributed by atoms with E-state index in [0.29, 0.717) is 12.0 Å². The Balaban J connectivity index is 2.43. The van der Waals surface area contributed by atoms with Gasteiger partial charge in [-0.2, -0.15) is 0 Å². The summed E-state index contributed by atoms with van der Waals surface area (Å²) >= 11 is 0. The average molecular weight is 290 g/mol. The molecule has 0 aromatic rings. The third-order valence-corrected chi connectivity index (χ3v) is 5.89. The lowest BCUT2D eigenvalue weighted by molar-refractivity contribution is 0.184. The summed E-state index contributed by atoms with van der Waals surface area (Å²) in [5.74, 6) is 1.08. The molecular weight excluding hydrogens is 260 g/mol. The molecule has 0 spiro atoms. The monoisotopic (exact) mass is 290 g/mol. The predicted molar refractivity (Wildman–Crippen MR) is 81.2 cm³/mol. The van der Waals surface area contributed by atoms with Crippen LogP contribution >= 0.6 is 0 Å². The maximum absolute atomic E-state index is 11.6. The van der Waals surface area contributed by atoms with E-state index in [1.807, 2.05) is 6.92 Å². The van der Waals surface area contributed by atoms with E-state index in [-0.39, 0.29) is 17.5 Å². The Morgan fingerprint density at radius 2 is 1.74 bits per heavy atom. The van der Waals surface area contributed by atoms with E-state index in [1.165, 1.54) is 25.9 Å². The minimum atomic E-state index is -2.88. The van der Waals surface area contributed by atoms with Crippen LogP contribution in [0.2, 0.25) is 0 Å². The Labute approximate surface area is 118 Å². The molecule has 1 aliphatic heterocycles. The second-order valence-corrected chi connectivity index (χ2v) is 8.46. The van der Waals surface area contributed by atoms with Gasteiger partial charge in [-0.1, -0.05) is 20.8 Å². The zero-order valence-corrected chi connectivity index (χ0v) is 13.7. The smallest absolute Gasteiger partial charge is 0.151 e. The van der Waals surface area contributed by atoms with Gasteiger partial charge in [0.2, 0.25) is 0 Å². The second-order valence-electron chi connectivity index (χ2n) is 6.06. The van der Waals surface area contributed by atoms with Gasteiger partial charge in [-0.15, -0.1) is 0 Å². The van der Waals surface area contributed by atoms with Gasteiger partial charge in [0.1, 0.15) is 0 Å². The first-order valence-corrected chi connectivity index (χ1v) is 9.35. The van der Waals surface area contributed by atoms with E-state index in [2.05, 4.69) is 24.1 Å². The highest BCUT2D eigenvalue weighted by molar-refractivity contribution is 7.91. The standard InChI is InChI=1S/C14H30N2O2S/c1-5-19(17,18)11-13(4)15-10-14(12(2)3)16-8-6-7-9-16/h12-15H,5-11H2,1-4H3. The quantitative estimate of drug-likeness (QED) is 0.736. The van der Waals surface area contributed by atoms with Crippen molar-refractivity contribution in [3.8, 4) is 0 Å². The molecule has 2 unspecified atom stereocenters. The van der Waals surface area contributed by atoms with E-state index in [0.717, 1.165) is 6.54 Å². The molecule has 4 nitrogen and oxygen atoms in total. The summed E-state index contributed by atoms with van der Waals surface area (Å²) in [6, 6.07) is 0.558. The molecule has 5 heteroatoms. The number of rotatable bonds is 8. The zero-order valence-electron chi connectivity index (χ0n) is 12.9. The van der Waals surface area contributed by atoms with Crippen LogP contribution in [-0.4, -0.2) is 56.5 Å². The van der Waals surface area contributed by atoms with Crippen LogP contribution in [0.1, 0.15) is 40.5 Å². The Morgan fingerprint density at radius 3 is 2.21 bits per heavy atom. The first-order valence-electron chi connectivity index (χ1n) is 7.53. The molecule has 114 valence electrons. The normalized spacial score (nSPS) is 20.9. The van der Waals surface area contributed by atoms with Crippen LogP contribution in [0.5, 0.6) is 0 Å². The molecule has 0 aromatic heterocycles. The fourth-order valence-corrected chi connectivity index (χ4v) is 3.85. The van der Waals surface area contributed by atoms with Gasteiger partial charge in [-0.25, -0.2) is 8.42 Å². The molecule has 2 atom stereocenters. The van der Waals surface area contributed by atoms with Crippen LogP contribution < -0.4 is 5.32 Å². The van der Waals surface area contributed by atoms with Crippen molar-refractivity contribution in [3.63, 3.8) is 0 Å². The summed E-state index contributed by atoms with van der Waals surface area (Å²) in [6.45, 7) is 11.4. The van der Waals surface area contributed by atoms with Crippen molar-refractivity contribution < 1.29 is 8.42 Å². The summed E-state index contributed by atoms with van der Waals surface area (Å²) in [5.41, 5.74) is 0. The van der Waals surface area contributed by atoms with Gasteiger partial charge in [-0.05, 0) is 38.8 Å². The largest absolute Gasteiger partial charge is 0.312 e. The molecule has 0 aliphatic carbocycles. The van der Waals surface area contributed by atoms with Crippen LogP contribution in [-0.2, 0) is 9.84 Å². The molecule has 0 amide bonds. The van der Waals surface area contributed by atoms with Crippen molar-refractivity contribution in [1.29, 1.82) is 0 Å². The maximum Gasteiger partial charge on any atom is 0.151 e. The molecule has 1 aliphatic rings.